The first-order chi connectivity index (χ1) is 11.6. The van der Waals surface area contributed by atoms with Gasteiger partial charge in [0.25, 0.3) is 11.5 Å². The molecular formula is C18H16N4O2. The van der Waals surface area contributed by atoms with E-state index in [1.54, 1.807) is 30.6 Å². The lowest BCUT2D eigenvalue weighted by Gasteiger charge is -2.13. The summed E-state index contributed by atoms with van der Waals surface area (Å²) in [5.74, 6) is -0.0946. The van der Waals surface area contributed by atoms with Crippen LogP contribution >= 0.6 is 0 Å². The molecule has 2 aromatic heterocycles. The summed E-state index contributed by atoms with van der Waals surface area (Å²) >= 11 is 0. The molecule has 0 saturated heterocycles. The molecule has 120 valence electrons. The van der Waals surface area contributed by atoms with Crippen LogP contribution in [0.25, 0.3) is 16.6 Å². The fourth-order valence-corrected chi connectivity index (χ4v) is 2.76. The van der Waals surface area contributed by atoms with Crippen molar-refractivity contribution in [3.8, 4) is 5.69 Å². The maximum absolute atomic E-state index is 12.7. The SMILES string of the molecule is Cc1c(C(=O)NC2CC2)cccc1-n1cnc2cnccc2c1=O. The van der Waals surface area contributed by atoms with E-state index in [4.69, 9.17) is 0 Å². The highest BCUT2D eigenvalue weighted by Crippen LogP contribution is 2.22. The van der Waals surface area contributed by atoms with Gasteiger partial charge in [0, 0.05) is 17.8 Å². The van der Waals surface area contributed by atoms with E-state index < -0.39 is 0 Å². The Bertz CT molecular complexity index is 1010. The van der Waals surface area contributed by atoms with Gasteiger partial charge in [-0.05, 0) is 43.5 Å². The Morgan fingerprint density at radius 3 is 2.92 bits per heavy atom. The Kier molecular flexibility index (Phi) is 3.37. The molecule has 0 spiro atoms. The average molecular weight is 320 g/mol. The Labute approximate surface area is 138 Å². The number of hydrogen-bond acceptors (Lipinski definition) is 4. The summed E-state index contributed by atoms with van der Waals surface area (Å²) in [7, 11) is 0. The zero-order valence-electron chi connectivity index (χ0n) is 13.2. The topological polar surface area (TPSA) is 76.9 Å². The van der Waals surface area contributed by atoms with Crippen molar-refractivity contribution in [2.24, 2.45) is 0 Å². The second-order valence-electron chi connectivity index (χ2n) is 6.01. The summed E-state index contributed by atoms with van der Waals surface area (Å²) in [5, 5.41) is 3.48. The molecular weight excluding hydrogens is 304 g/mol. The molecule has 1 N–H and O–H groups in total. The molecule has 0 bridgehead atoms. The number of carbonyl (C=O) groups is 1. The van der Waals surface area contributed by atoms with E-state index in [9.17, 15) is 9.59 Å². The van der Waals surface area contributed by atoms with Gasteiger partial charge in [0.1, 0.15) is 6.33 Å². The highest BCUT2D eigenvalue weighted by Gasteiger charge is 2.25. The van der Waals surface area contributed by atoms with Gasteiger partial charge in [-0.15, -0.1) is 0 Å². The number of hydrogen-bond donors (Lipinski definition) is 1. The minimum Gasteiger partial charge on any atom is -0.349 e. The van der Waals surface area contributed by atoms with Crippen LogP contribution in [0, 0.1) is 6.92 Å². The normalized spacial score (nSPS) is 13.9. The van der Waals surface area contributed by atoms with Crippen molar-refractivity contribution in [1.29, 1.82) is 0 Å². The van der Waals surface area contributed by atoms with Crippen LogP contribution in [0.15, 0.2) is 47.8 Å². The highest BCUT2D eigenvalue weighted by atomic mass is 16.2. The molecule has 3 aromatic rings. The third kappa shape index (κ3) is 2.46. The average Bonchev–Trinajstić information content (AvgIpc) is 3.40. The quantitative estimate of drug-likeness (QED) is 0.800. The molecule has 2 heterocycles. The maximum atomic E-state index is 12.7. The van der Waals surface area contributed by atoms with E-state index in [0.717, 1.165) is 18.4 Å². The van der Waals surface area contributed by atoms with Crippen molar-refractivity contribution < 1.29 is 4.79 Å². The molecule has 1 amide bonds. The molecule has 0 unspecified atom stereocenters. The van der Waals surface area contributed by atoms with Gasteiger partial charge >= 0.3 is 0 Å². The van der Waals surface area contributed by atoms with Crippen molar-refractivity contribution in [3.05, 3.63) is 64.5 Å². The molecule has 24 heavy (non-hydrogen) atoms. The maximum Gasteiger partial charge on any atom is 0.265 e. The molecule has 0 atom stereocenters. The minimum absolute atomic E-state index is 0.0946. The lowest BCUT2D eigenvalue weighted by atomic mass is 10.1. The van der Waals surface area contributed by atoms with Crippen LogP contribution in [0.1, 0.15) is 28.8 Å². The van der Waals surface area contributed by atoms with Crippen LogP contribution in [-0.2, 0) is 0 Å². The molecule has 1 aliphatic carbocycles. The van der Waals surface area contributed by atoms with E-state index in [-0.39, 0.29) is 17.5 Å². The van der Waals surface area contributed by atoms with Gasteiger partial charge in [-0.3, -0.25) is 19.1 Å². The molecule has 6 nitrogen and oxygen atoms in total. The number of aromatic nitrogens is 3. The number of benzene rings is 1. The monoisotopic (exact) mass is 320 g/mol. The van der Waals surface area contributed by atoms with E-state index in [0.29, 0.717) is 22.2 Å². The number of pyridine rings is 1. The summed E-state index contributed by atoms with van der Waals surface area (Å²) in [6.45, 7) is 1.85. The molecule has 4 rings (SSSR count). The molecule has 0 aliphatic heterocycles. The fourth-order valence-electron chi connectivity index (χ4n) is 2.76. The van der Waals surface area contributed by atoms with Gasteiger partial charge in [-0.2, -0.15) is 0 Å². The number of nitrogens with zero attached hydrogens (tertiary/aromatic N) is 3. The molecule has 1 aromatic carbocycles. The van der Waals surface area contributed by atoms with Crippen LogP contribution < -0.4 is 10.9 Å². The number of amides is 1. The van der Waals surface area contributed by atoms with Gasteiger partial charge in [0.15, 0.2) is 0 Å². The van der Waals surface area contributed by atoms with Crippen LogP contribution in [0.5, 0.6) is 0 Å². The second kappa shape index (κ2) is 5.56. The predicted octanol–water partition coefficient (Wildman–Crippen LogP) is 1.98. The number of rotatable bonds is 3. The van der Waals surface area contributed by atoms with E-state index in [2.05, 4.69) is 15.3 Å². The minimum atomic E-state index is -0.176. The van der Waals surface area contributed by atoms with Crippen molar-refractivity contribution in [3.63, 3.8) is 0 Å². The molecule has 0 radical (unpaired) electrons. The Balaban J connectivity index is 1.83. The number of carbonyl (C=O) groups excluding carboxylic acids is 1. The summed E-state index contributed by atoms with van der Waals surface area (Å²) in [6, 6.07) is 7.32. The zero-order valence-corrected chi connectivity index (χ0v) is 13.2. The van der Waals surface area contributed by atoms with Crippen molar-refractivity contribution >= 4 is 16.8 Å². The van der Waals surface area contributed by atoms with Gasteiger partial charge in [-0.25, -0.2) is 4.98 Å². The smallest absolute Gasteiger partial charge is 0.265 e. The number of nitrogens with one attached hydrogen (secondary N) is 1. The third-order valence-electron chi connectivity index (χ3n) is 4.28. The molecule has 1 aliphatic rings. The Hall–Kier alpha value is -3.02. The zero-order chi connectivity index (χ0) is 16.7. The predicted molar refractivity (Wildman–Crippen MR) is 90.4 cm³/mol. The van der Waals surface area contributed by atoms with Gasteiger partial charge in [-0.1, -0.05) is 6.07 Å². The Morgan fingerprint density at radius 1 is 1.29 bits per heavy atom. The van der Waals surface area contributed by atoms with Crippen LogP contribution in [0.2, 0.25) is 0 Å². The van der Waals surface area contributed by atoms with E-state index >= 15 is 0 Å². The number of fused-ring (bicyclic) bond motifs is 1. The summed E-state index contributed by atoms with van der Waals surface area (Å²) in [5.41, 5.74) is 2.38. The van der Waals surface area contributed by atoms with Gasteiger partial charge < -0.3 is 5.32 Å². The lowest BCUT2D eigenvalue weighted by molar-refractivity contribution is 0.0950. The standard InChI is InChI=1S/C18H16N4O2/c1-11-13(17(23)21-12-5-6-12)3-2-4-16(11)22-10-20-15-9-19-8-7-14(15)18(22)24/h2-4,7-10,12H,5-6H2,1H3,(H,21,23). The van der Waals surface area contributed by atoms with E-state index in [1.807, 2.05) is 13.0 Å². The first kappa shape index (κ1) is 14.6. The Morgan fingerprint density at radius 2 is 2.12 bits per heavy atom. The van der Waals surface area contributed by atoms with E-state index in [1.165, 1.54) is 10.9 Å². The van der Waals surface area contributed by atoms with Crippen molar-refractivity contribution in [1.82, 2.24) is 19.9 Å². The van der Waals surface area contributed by atoms with Crippen LogP contribution in [-0.4, -0.2) is 26.5 Å². The summed E-state index contributed by atoms with van der Waals surface area (Å²) in [4.78, 5) is 33.4. The lowest BCUT2D eigenvalue weighted by Crippen LogP contribution is -2.27. The fraction of sp³-hybridized carbons (Fsp3) is 0.222. The van der Waals surface area contributed by atoms with Crippen LogP contribution in [0.3, 0.4) is 0 Å². The first-order valence-electron chi connectivity index (χ1n) is 7.87. The molecule has 1 saturated carbocycles. The molecule has 6 heteroatoms. The summed E-state index contributed by atoms with van der Waals surface area (Å²) in [6.07, 6.45) is 6.69. The summed E-state index contributed by atoms with van der Waals surface area (Å²) < 4.78 is 1.48. The van der Waals surface area contributed by atoms with Crippen LogP contribution in [0.4, 0.5) is 0 Å². The third-order valence-corrected chi connectivity index (χ3v) is 4.28. The highest BCUT2D eigenvalue weighted by molar-refractivity contribution is 5.96. The first-order valence-corrected chi connectivity index (χ1v) is 7.87. The van der Waals surface area contributed by atoms with Gasteiger partial charge in [0.05, 0.1) is 22.8 Å². The molecule has 1 fully saturated rings. The van der Waals surface area contributed by atoms with Crippen molar-refractivity contribution in [2.75, 3.05) is 0 Å². The largest absolute Gasteiger partial charge is 0.349 e. The van der Waals surface area contributed by atoms with Crippen molar-refractivity contribution in [2.45, 2.75) is 25.8 Å². The van der Waals surface area contributed by atoms with Gasteiger partial charge in [0.2, 0.25) is 0 Å². The second-order valence-corrected chi connectivity index (χ2v) is 6.01.